The summed E-state index contributed by atoms with van der Waals surface area (Å²) in [6.45, 7) is 0.661. The Kier molecular flexibility index (Phi) is 4.47. The highest BCUT2D eigenvalue weighted by molar-refractivity contribution is 7.89. The number of carbonyl (C=O) groups is 1. The summed E-state index contributed by atoms with van der Waals surface area (Å²) in [5.74, 6) is 0.370. The van der Waals surface area contributed by atoms with Crippen LogP contribution in [0.25, 0.3) is 0 Å². The number of sulfonamides is 1. The van der Waals surface area contributed by atoms with Crippen LogP contribution in [0.4, 0.5) is 5.69 Å². The van der Waals surface area contributed by atoms with Crippen molar-refractivity contribution in [3.8, 4) is 0 Å². The van der Waals surface area contributed by atoms with E-state index in [0.717, 1.165) is 31.4 Å². The van der Waals surface area contributed by atoms with Crippen molar-refractivity contribution in [3.63, 3.8) is 0 Å². The lowest BCUT2D eigenvalue weighted by Gasteiger charge is -2.54. The lowest BCUT2D eigenvalue weighted by Crippen LogP contribution is -2.49. The van der Waals surface area contributed by atoms with E-state index in [9.17, 15) is 13.2 Å². The molecule has 26 heavy (non-hydrogen) atoms. The van der Waals surface area contributed by atoms with Gasteiger partial charge in [0, 0.05) is 18.3 Å². The minimum absolute atomic E-state index is 0.117. The van der Waals surface area contributed by atoms with E-state index in [-0.39, 0.29) is 10.8 Å². The molecule has 0 unspecified atom stereocenters. The first-order valence-electron chi connectivity index (χ1n) is 9.53. The topological polar surface area (TPSA) is 87.3 Å². The van der Waals surface area contributed by atoms with Gasteiger partial charge in [-0.2, -0.15) is 0 Å². The number of nitrogens with one attached hydrogen (secondary N) is 3. The number of rotatable bonds is 7. The third-order valence-corrected chi connectivity index (χ3v) is 7.61. The Morgan fingerprint density at radius 1 is 1.23 bits per heavy atom. The van der Waals surface area contributed by atoms with Gasteiger partial charge < -0.3 is 10.6 Å². The van der Waals surface area contributed by atoms with Crippen molar-refractivity contribution < 1.29 is 13.2 Å². The molecule has 1 spiro atoms. The van der Waals surface area contributed by atoms with Gasteiger partial charge >= 0.3 is 0 Å². The first-order valence-corrected chi connectivity index (χ1v) is 11.0. The highest BCUT2D eigenvalue weighted by atomic mass is 32.2. The van der Waals surface area contributed by atoms with E-state index in [4.69, 9.17) is 0 Å². The van der Waals surface area contributed by atoms with E-state index in [2.05, 4.69) is 15.4 Å². The van der Waals surface area contributed by atoms with Crippen LogP contribution in [0.2, 0.25) is 0 Å². The summed E-state index contributed by atoms with van der Waals surface area (Å²) >= 11 is 0. The molecule has 0 bridgehead atoms. The molecule has 1 aromatic rings. The zero-order valence-corrected chi connectivity index (χ0v) is 16.0. The van der Waals surface area contributed by atoms with Gasteiger partial charge in [-0.3, -0.25) is 4.79 Å². The van der Waals surface area contributed by atoms with Gasteiger partial charge in [-0.25, -0.2) is 13.1 Å². The zero-order chi connectivity index (χ0) is 18.4. The summed E-state index contributed by atoms with van der Waals surface area (Å²) in [6.07, 6.45) is 8.57. The van der Waals surface area contributed by atoms with Crippen molar-refractivity contribution in [1.29, 1.82) is 0 Å². The van der Waals surface area contributed by atoms with Crippen molar-refractivity contribution in [2.24, 2.45) is 11.3 Å². The molecule has 1 aromatic carbocycles. The molecular formula is C19H27N3O3S. The summed E-state index contributed by atoms with van der Waals surface area (Å²) in [7, 11) is -2.21. The van der Waals surface area contributed by atoms with E-state index in [1.165, 1.54) is 32.4 Å². The molecule has 3 saturated carbocycles. The summed E-state index contributed by atoms with van der Waals surface area (Å²) < 4.78 is 26.6. The van der Waals surface area contributed by atoms with Gasteiger partial charge in [0.25, 0.3) is 5.91 Å². The lowest BCUT2D eigenvalue weighted by molar-refractivity contribution is 0.0192. The van der Waals surface area contributed by atoms with E-state index in [1.54, 1.807) is 12.1 Å². The maximum atomic E-state index is 12.7. The standard InChI is InChI=1S/C19H27N3O3S/c1-20-26(24,25)15-5-6-17(22-14-10-19(11-14)7-2-8-19)16(9-15)18(23)21-12-13-3-4-13/h5-6,9,13-14,20,22H,2-4,7-8,10-12H2,1H3,(H,21,23). The van der Waals surface area contributed by atoms with Gasteiger partial charge in [0.2, 0.25) is 10.0 Å². The first kappa shape index (κ1) is 17.8. The zero-order valence-electron chi connectivity index (χ0n) is 15.2. The fraction of sp³-hybridized carbons (Fsp3) is 0.632. The van der Waals surface area contributed by atoms with Gasteiger partial charge in [-0.05, 0) is 75.1 Å². The largest absolute Gasteiger partial charge is 0.382 e. The Hall–Kier alpha value is -1.60. The van der Waals surface area contributed by atoms with Gasteiger partial charge in [-0.15, -0.1) is 0 Å². The normalized spacial score (nSPS) is 21.7. The van der Waals surface area contributed by atoms with Crippen LogP contribution in [0.5, 0.6) is 0 Å². The number of carbonyl (C=O) groups excluding carboxylic acids is 1. The molecule has 6 nitrogen and oxygen atoms in total. The molecule has 142 valence electrons. The Bertz CT molecular complexity index is 805. The maximum Gasteiger partial charge on any atom is 0.253 e. The van der Waals surface area contributed by atoms with Crippen LogP contribution in [-0.2, 0) is 10.0 Å². The summed E-state index contributed by atoms with van der Waals surface area (Å²) in [6, 6.07) is 5.14. The Balaban J connectivity index is 1.53. The molecule has 3 aliphatic rings. The minimum atomic E-state index is -3.58. The fourth-order valence-electron chi connectivity index (χ4n) is 4.17. The number of hydrogen-bond donors (Lipinski definition) is 3. The molecule has 0 radical (unpaired) electrons. The maximum absolute atomic E-state index is 12.7. The number of benzene rings is 1. The van der Waals surface area contributed by atoms with Crippen molar-refractivity contribution in [3.05, 3.63) is 23.8 Å². The summed E-state index contributed by atoms with van der Waals surface area (Å²) in [5, 5.41) is 6.43. The lowest BCUT2D eigenvalue weighted by atomic mass is 9.54. The van der Waals surface area contributed by atoms with Crippen LogP contribution >= 0.6 is 0 Å². The molecule has 0 atom stereocenters. The van der Waals surface area contributed by atoms with Crippen LogP contribution in [0.15, 0.2) is 23.1 Å². The first-order chi connectivity index (χ1) is 12.4. The van der Waals surface area contributed by atoms with Gasteiger partial charge in [0.05, 0.1) is 10.5 Å². The predicted molar refractivity (Wildman–Crippen MR) is 101 cm³/mol. The average Bonchev–Trinajstić information content (AvgIpc) is 3.38. The molecule has 3 aliphatic carbocycles. The van der Waals surface area contributed by atoms with E-state index in [1.807, 2.05) is 0 Å². The third kappa shape index (κ3) is 3.47. The van der Waals surface area contributed by atoms with Crippen LogP contribution in [-0.4, -0.2) is 34.0 Å². The van der Waals surface area contributed by atoms with Gasteiger partial charge in [0.15, 0.2) is 0 Å². The van der Waals surface area contributed by atoms with Crippen LogP contribution in [0.3, 0.4) is 0 Å². The Labute approximate surface area is 155 Å². The number of hydrogen-bond acceptors (Lipinski definition) is 4. The second kappa shape index (κ2) is 6.53. The molecule has 7 heteroatoms. The Morgan fingerprint density at radius 3 is 2.54 bits per heavy atom. The van der Waals surface area contributed by atoms with Crippen LogP contribution in [0.1, 0.15) is 55.3 Å². The predicted octanol–water partition coefficient (Wildman–Crippen LogP) is 2.48. The fourth-order valence-corrected chi connectivity index (χ4v) is 4.92. The summed E-state index contributed by atoms with van der Waals surface area (Å²) in [4.78, 5) is 12.8. The average molecular weight is 378 g/mol. The van der Waals surface area contributed by atoms with E-state index < -0.39 is 10.0 Å². The highest BCUT2D eigenvalue weighted by Gasteiger charge is 2.48. The molecule has 0 aromatic heterocycles. The smallest absolute Gasteiger partial charge is 0.253 e. The molecule has 0 aliphatic heterocycles. The van der Waals surface area contributed by atoms with Crippen molar-refractivity contribution >= 4 is 21.6 Å². The van der Waals surface area contributed by atoms with Crippen molar-refractivity contribution in [2.45, 2.75) is 55.9 Å². The molecule has 3 N–H and O–H groups in total. The monoisotopic (exact) mass is 377 g/mol. The molecule has 4 rings (SSSR count). The van der Waals surface area contributed by atoms with Crippen molar-refractivity contribution in [2.75, 3.05) is 18.9 Å². The van der Waals surface area contributed by atoms with Gasteiger partial charge in [-0.1, -0.05) is 6.42 Å². The molecular weight excluding hydrogens is 350 g/mol. The van der Waals surface area contributed by atoms with Crippen LogP contribution in [0, 0.1) is 11.3 Å². The molecule has 3 fully saturated rings. The second-order valence-corrected chi connectivity index (χ2v) is 10.1. The molecule has 1 amide bonds. The van der Waals surface area contributed by atoms with E-state index >= 15 is 0 Å². The Morgan fingerprint density at radius 2 is 1.96 bits per heavy atom. The molecule has 0 heterocycles. The van der Waals surface area contributed by atoms with E-state index in [0.29, 0.717) is 29.5 Å². The highest BCUT2D eigenvalue weighted by Crippen LogP contribution is 2.56. The SMILES string of the molecule is CNS(=O)(=O)c1ccc(NC2CC3(CCC3)C2)c(C(=O)NCC2CC2)c1. The second-order valence-electron chi connectivity index (χ2n) is 8.17. The number of anilines is 1. The molecule has 0 saturated heterocycles. The number of amides is 1. The quantitative estimate of drug-likeness (QED) is 0.681. The third-order valence-electron chi connectivity index (χ3n) is 6.20. The van der Waals surface area contributed by atoms with Gasteiger partial charge in [0.1, 0.15) is 0 Å². The van der Waals surface area contributed by atoms with Crippen molar-refractivity contribution in [1.82, 2.24) is 10.0 Å². The summed E-state index contributed by atoms with van der Waals surface area (Å²) in [5.41, 5.74) is 1.69. The van der Waals surface area contributed by atoms with Crippen LogP contribution < -0.4 is 15.4 Å². The minimum Gasteiger partial charge on any atom is -0.382 e.